The molecule has 0 radical (unpaired) electrons. The monoisotopic (exact) mass is 341 g/mol. The molecule has 4 heteroatoms. The number of fused-ring (bicyclic) bond motifs is 1. The fraction of sp³-hybridized carbons (Fsp3) is 0.350. The average Bonchev–Trinajstić information content (AvgIpc) is 2.97. The molecule has 0 fully saturated rings. The summed E-state index contributed by atoms with van der Waals surface area (Å²) in [5, 5.41) is 0.756. The highest BCUT2D eigenvalue weighted by atomic mass is 35.5. The Bertz CT molecular complexity index is 791. The summed E-state index contributed by atoms with van der Waals surface area (Å²) in [6.45, 7) is 8.66. The van der Waals surface area contributed by atoms with Crippen LogP contribution in [0.5, 0.6) is 0 Å². The number of nitrogens with zero attached hydrogens (tertiary/aromatic N) is 3. The van der Waals surface area contributed by atoms with Gasteiger partial charge >= 0.3 is 0 Å². The van der Waals surface area contributed by atoms with Crippen LogP contribution in [0.2, 0.25) is 5.02 Å². The van der Waals surface area contributed by atoms with E-state index in [9.17, 15) is 0 Å². The summed E-state index contributed by atoms with van der Waals surface area (Å²) < 4.78 is 2.31. The third-order valence-corrected chi connectivity index (χ3v) is 4.73. The van der Waals surface area contributed by atoms with Crippen LogP contribution in [0.3, 0.4) is 0 Å². The molecule has 0 atom stereocenters. The van der Waals surface area contributed by atoms with Crippen molar-refractivity contribution in [3.63, 3.8) is 0 Å². The predicted octanol–water partition coefficient (Wildman–Crippen LogP) is 5.09. The summed E-state index contributed by atoms with van der Waals surface area (Å²) in [5.74, 6) is 1.02. The van der Waals surface area contributed by atoms with Crippen LogP contribution in [0.15, 0.2) is 48.5 Å². The van der Waals surface area contributed by atoms with E-state index in [0.717, 1.165) is 60.0 Å². The molecule has 0 aliphatic carbocycles. The van der Waals surface area contributed by atoms with Crippen LogP contribution in [0.25, 0.3) is 22.4 Å². The minimum atomic E-state index is 0.756. The van der Waals surface area contributed by atoms with Crippen molar-refractivity contribution in [1.82, 2.24) is 14.5 Å². The fourth-order valence-electron chi connectivity index (χ4n) is 3.12. The van der Waals surface area contributed by atoms with Gasteiger partial charge in [-0.3, -0.25) is 0 Å². The minimum Gasteiger partial charge on any atom is -0.324 e. The third-order valence-electron chi connectivity index (χ3n) is 4.49. The lowest BCUT2D eigenvalue weighted by Gasteiger charge is -2.18. The molecule has 2 aromatic carbocycles. The molecule has 0 aliphatic heterocycles. The molecule has 0 unspecified atom stereocenters. The second-order valence-corrected chi connectivity index (χ2v) is 6.40. The van der Waals surface area contributed by atoms with Gasteiger partial charge in [-0.1, -0.05) is 55.8 Å². The number of aryl methyl sites for hydroxylation is 1. The number of halogens is 1. The number of rotatable bonds is 7. The number of imidazole rings is 1. The Kier molecular flexibility index (Phi) is 5.54. The Morgan fingerprint density at radius 1 is 1.04 bits per heavy atom. The van der Waals surface area contributed by atoms with E-state index in [0.29, 0.717) is 0 Å². The fourth-order valence-corrected chi connectivity index (χ4v) is 3.29. The maximum absolute atomic E-state index is 6.23. The van der Waals surface area contributed by atoms with Crippen LogP contribution in [0.1, 0.15) is 20.3 Å². The molecule has 0 amide bonds. The van der Waals surface area contributed by atoms with Crippen molar-refractivity contribution in [1.29, 1.82) is 0 Å². The molecule has 1 aromatic heterocycles. The second-order valence-electron chi connectivity index (χ2n) is 5.97. The maximum Gasteiger partial charge on any atom is 0.141 e. The van der Waals surface area contributed by atoms with Gasteiger partial charge in [-0.2, -0.15) is 0 Å². The highest BCUT2D eigenvalue weighted by Crippen LogP contribution is 2.27. The van der Waals surface area contributed by atoms with Crippen molar-refractivity contribution >= 4 is 22.6 Å². The quantitative estimate of drug-likeness (QED) is 0.597. The third kappa shape index (κ3) is 3.63. The zero-order valence-corrected chi connectivity index (χ0v) is 15.1. The SMILES string of the molecule is CCN(CC)CCCn1c(-c2ccccc2)nc2ccc(Cl)cc21. The average molecular weight is 342 g/mol. The summed E-state index contributed by atoms with van der Waals surface area (Å²) in [6.07, 6.45) is 1.10. The molecular formula is C20H24ClN3. The minimum absolute atomic E-state index is 0.756. The van der Waals surface area contributed by atoms with Gasteiger partial charge < -0.3 is 9.47 Å². The molecule has 3 rings (SSSR count). The maximum atomic E-state index is 6.23. The van der Waals surface area contributed by atoms with Gasteiger partial charge in [0.1, 0.15) is 5.82 Å². The zero-order chi connectivity index (χ0) is 16.9. The molecule has 0 N–H and O–H groups in total. The van der Waals surface area contributed by atoms with E-state index in [1.807, 2.05) is 24.3 Å². The Balaban J connectivity index is 1.95. The van der Waals surface area contributed by atoms with E-state index in [1.165, 1.54) is 0 Å². The summed E-state index contributed by atoms with van der Waals surface area (Å²) >= 11 is 6.23. The highest BCUT2D eigenvalue weighted by molar-refractivity contribution is 6.31. The van der Waals surface area contributed by atoms with Gasteiger partial charge in [-0.15, -0.1) is 0 Å². The molecule has 0 bridgehead atoms. The van der Waals surface area contributed by atoms with Gasteiger partial charge in [0.25, 0.3) is 0 Å². The van der Waals surface area contributed by atoms with Gasteiger partial charge in [0, 0.05) is 17.1 Å². The topological polar surface area (TPSA) is 21.1 Å². The highest BCUT2D eigenvalue weighted by Gasteiger charge is 2.13. The molecule has 24 heavy (non-hydrogen) atoms. The van der Waals surface area contributed by atoms with Gasteiger partial charge in [-0.25, -0.2) is 4.98 Å². The summed E-state index contributed by atoms with van der Waals surface area (Å²) in [4.78, 5) is 7.31. The predicted molar refractivity (Wildman–Crippen MR) is 103 cm³/mol. The molecule has 0 aliphatic rings. The first-order valence-corrected chi connectivity index (χ1v) is 9.04. The molecular weight excluding hydrogens is 318 g/mol. The molecule has 3 nitrogen and oxygen atoms in total. The van der Waals surface area contributed by atoms with Gasteiger partial charge in [-0.05, 0) is 44.3 Å². The van der Waals surface area contributed by atoms with Crippen LogP contribution in [0.4, 0.5) is 0 Å². The Morgan fingerprint density at radius 3 is 2.50 bits per heavy atom. The van der Waals surface area contributed by atoms with E-state index in [1.54, 1.807) is 0 Å². The van der Waals surface area contributed by atoms with Crippen molar-refractivity contribution in [3.05, 3.63) is 53.6 Å². The van der Waals surface area contributed by atoms with E-state index < -0.39 is 0 Å². The second kappa shape index (κ2) is 7.82. The van der Waals surface area contributed by atoms with Crippen molar-refractivity contribution in [2.45, 2.75) is 26.8 Å². The number of aromatic nitrogens is 2. The van der Waals surface area contributed by atoms with E-state index in [4.69, 9.17) is 16.6 Å². The van der Waals surface area contributed by atoms with E-state index >= 15 is 0 Å². The first-order valence-electron chi connectivity index (χ1n) is 8.66. The summed E-state index contributed by atoms with van der Waals surface area (Å²) in [5.41, 5.74) is 3.26. The zero-order valence-electron chi connectivity index (χ0n) is 14.4. The number of benzene rings is 2. The summed E-state index contributed by atoms with van der Waals surface area (Å²) in [7, 11) is 0. The van der Waals surface area contributed by atoms with Gasteiger partial charge in [0.2, 0.25) is 0 Å². The molecule has 0 spiro atoms. The Morgan fingerprint density at radius 2 is 1.79 bits per heavy atom. The summed E-state index contributed by atoms with van der Waals surface area (Å²) in [6, 6.07) is 16.3. The normalized spacial score (nSPS) is 11.5. The van der Waals surface area contributed by atoms with Crippen molar-refractivity contribution in [2.24, 2.45) is 0 Å². The number of hydrogen-bond acceptors (Lipinski definition) is 2. The molecule has 3 aromatic rings. The van der Waals surface area contributed by atoms with Gasteiger partial charge in [0.05, 0.1) is 11.0 Å². The largest absolute Gasteiger partial charge is 0.324 e. The number of hydrogen-bond donors (Lipinski definition) is 0. The lowest BCUT2D eigenvalue weighted by Crippen LogP contribution is -2.24. The molecule has 0 saturated heterocycles. The standard InChI is InChI=1S/C20H24ClN3/c1-3-23(4-2)13-8-14-24-19-15-17(21)11-12-18(19)22-20(24)16-9-6-5-7-10-16/h5-7,9-12,15H,3-4,8,13-14H2,1-2H3. The van der Waals surface area contributed by atoms with Crippen LogP contribution in [0, 0.1) is 0 Å². The smallest absolute Gasteiger partial charge is 0.141 e. The lowest BCUT2D eigenvalue weighted by atomic mass is 10.2. The van der Waals surface area contributed by atoms with Crippen molar-refractivity contribution in [3.8, 4) is 11.4 Å². The van der Waals surface area contributed by atoms with Crippen molar-refractivity contribution in [2.75, 3.05) is 19.6 Å². The molecule has 126 valence electrons. The van der Waals surface area contributed by atoms with Crippen molar-refractivity contribution < 1.29 is 0 Å². The van der Waals surface area contributed by atoms with Gasteiger partial charge in [0.15, 0.2) is 0 Å². The van der Waals surface area contributed by atoms with Crippen LogP contribution < -0.4 is 0 Å². The Hall–Kier alpha value is -1.84. The van der Waals surface area contributed by atoms with E-state index in [-0.39, 0.29) is 0 Å². The first-order chi connectivity index (χ1) is 11.7. The van der Waals surface area contributed by atoms with E-state index in [2.05, 4.69) is 47.6 Å². The lowest BCUT2D eigenvalue weighted by molar-refractivity contribution is 0.294. The first kappa shape index (κ1) is 17.0. The van der Waals surface area contributed by atoms with Crippen LogP contribution in [-0.4, -0.2) is 34.1 Å². The molecule has 1 heterocycles. The Labute approximate surface area is 148 Å². The van der Waals surface area contributed by atoms with Crippen LogP contribution >= 0.6 is 11.6 Å². The molecule has 0 saturated carbocycles. The van der Waals surface area contributed by atoms with Crippen LogP contribution in [-0.2, 0) is 6.54 Å².